The maximum atomic E-state index is 11.6. The number of aliphatic hydroxyl groups is 2. The predicted molar refractivity (Wildman–Crippen MR) is 61.7 cm³/mol. The van der Waals surface area contributed by atoms with E-state index in [0.29, 0.717) is 5.56 Å². The molecule has 0 saturated carbocycles. The summed E-state index contributed by atoms with van der Waals surface area (Å²) in [6, 6.07) is 8.48. The molecule has 16 heavy (non-hydrogen) atoms. The lowest BCUT2D eigenvalue weighted by Gasteiger charge is -2.20. The van der Waals surface area contributed by atoms with Crippen molar-refractivity contribution in [3.05, 3.63) is 35.9 Å². The molecule has 0 fully saturated rings. The molecule has 4 nitrogen and oxygen atoms in total. The largest absolute Gasteiger partial charge is 0.395 e. The number of sulfone groups is 1. The Labute approximate surface area is 95.5 Å². The van der Waals surface area contributed by atoms with Crippen LogP contribution in [-0.2, 0) is 9.84 Å². The van der Waals surface area contributed by atoms with Crippen LogP contribution in [0.2, 0.25) is 0 Å². The molecule has 5 heteroatoms. The SMILES string of the molecule is CCS(=O)(=O)[C@@H](CO)[C@H](O)c1ccccc1. The fourth-order valence-electron chi connectivity index (χ4n) is 1.49. The van der Waals surface area contributed by atoms with Crippen molar-refractivity contribution in [2.24, 2.45) is 0 Å². The number of hydrogen-bond donors (Lipinski definition) is 2. The van der Waals surface area contributed by atoms with Gasteiger partial charge in [0.05, 0.1) is 12.7 Å². The van der Waals surface area contributed by atoms with Gasteiger partial charge in [0, 0.05) is 5.75 Å². The van der Waals surface area contributed by atoms with Crippen LogP contribution < -0.4 is 0 Å². The third kappa shape index (κ3) is 2.81. The summed E-state index contributed by atoms with van der Waals surface area (Å²) in [5.74, 6) is -0.0951. The summed E-state index contributed by atoms with van der Waals surface area (Å²) in [5.41, 5.74) is 0.499. The number of aliphatic hydroxyl groups excluding tert-OH is 2. The van der Waals surface area contributed by atoms with Crippen molar-refractivity contribution < 1.29 is 18.6 Å². The van der Waals surface area contributed by atoms with Crippen LogP contribution in [0, 0.1) is 0 Å². The van der Waals surface area contributed by atoms with Crippen LogP contribution in [0.25, 0.3) is 0 Å². The van der Waals surface area contributed by atoms with Gasteiger partial charge in [0.15, 0.2) is 9.84 Å². The summed E-state index contributed by atoms with van der Waals surface area (Å²) in [5, 5.41) is 17.8. The average molecular weight is 244 g/mol. The maximum Gasteiger partial charge on any atom is 0.158 e. The van der Waals surface area contributed by atoms with E-state index in [1.54, 1.807) is 30.3 Å². The summed E-state index contributed by atoms with van der Waals surface area (Å²) < 4.78 is 23.3. The Kier molecular flexibility index (Phi) is 4.46. The smallest absolute Gasteiger partial charge is 0.158 e. The van der Waals surface area contributed by atoms with E-state index in [1.165, 1.54) is 6.92 Å². The molecule has 1 aromatic carbocycles. The third-order valence-electron chi connectivity index (χ3n) is 2.54. The molecule has 0 aliphatic rings. The van der Waals surface area contributed by atoms with E-state index in [2.05, 4.69) is 0 Å². The first-order chi connectivity index (χ1) is 7.53. The first-order valence-corrected chi connectivity index (χ1v) is 6.80. The van der Waals surface area contributed by atoms with Crippen LogP contribution in [0.4, 0.5) is 0 Å². The van der Waals surface area contributed by atoms with E-state index in [4.69, 9.17) is 5.11 Å². The van der Waals surface area contributed by atoms with E-state index < -0.39 is 27.8 Å². The van der Waals surface area contributed by atoms with Crippen molar-refractivity contribution >= 4 is 9.84 Å². The lowest BCUT2D eigenvalue weighted by atomic mass is 10.1. The molecular formula is C11H16O4S. The monoisotopic (exact) mass is 244 g/mol. The van der Waals surface area contributed by atoms with Crippen LogP contribution in [0.5, 0.6) is 0 Å². The first-order valence-electron chi connectivity index (χ1n) is 5.08. The summed E-state index contributed by atoms with van der Waals surface area (Å²) in [6.45, 7) is 0.919. The van der Waals surface area contributed by atoms with Gasteiger partial charge in [-0.1, -0.05) is 37.3 Å². The topological polar surface area (TPSA) is 74.6 Å². The highest BCUT2D eigenvalue weighted by atomic mass is 32.2. The fraction of sp³-hybridized carbons (Fsp3) is 0.455. The molecule has 0 aromatic heterocycles. The molecule has 2 N–H and O–H groups in total. The van der Waals surface area contributed by atoms with Crippen LogP contribution in [-0.4, -0.2) is 36.2 Å². The molecule has 0 unspecified atom stereocenters. The van der Waals surface area contributed by atoms with E-state index in [1.807, 2.05) is 0 Å². The van der Waals surface area contributed by atoms with E-state index in [9.17, 15) is 13.5 Å². The molecule has 0 heterocycles. The molecule has 0 bridgehead atoms. The summed E-state index contributed by atoms with van der Waals surface area (Å²) in [6.07, 6.45) is -1.18. The first kappa shape index (κ1) is 13.2. The molecule has 1 aromatic rings. The van der Waals surface area contributed by atoms with Gasteiger partial charge in [-0.15, -0.1) is 0 Å². The van der Waals surface area contributed by atoms with Gasteiger partial charge in [0.1, 0.15) is 5.25 Å². The van der Waals surface area contributed by atoms with Crippen molar-refractivity contribution in [3.8, 4) is 0 Å². The van der Waals surface area contributed by atoms with Gasteiger partial charge in [0.25, 0.3) is 0 Å². The zero-order valence-electron chi connectivity index (χ0n) is 9.07. The second kappa shape index (κ2) is 5.43. The zero-order valence-corrected chi connectivity index (χ0v) is 9.89. The van der Waals surface area contributed by atoms with Gasteiger partial charge in [-0.25, -0.2) is 8.42 Å². The normalized spacial score (nSPS) is 15.7. The standard InChI is InChI=1S/C11H16O4S/c1-2-16(14,15)10(8-12)11(13)9-6-4-3-5-7-9/h3-7,10-13H,2,8H2,1H3/t10-,11+/m0/s1. The second-order valence-corrected chi connectivity index (χ2v) is 6.04. The highest BCUT2D eigenvalue weighted by Crippen LogP contribution is 2.22. The Morgan fingerprint density at radius 2 is 1.81 bits per heavy atom. The Morgan fingerprint density at radius 3 is 2.25 bits per heavy atom. The molecular weight excluding hydrogens is 228 g/mol. The summed E-state index contributed by atoms with van der Waals surface area (Å²) >= 11 is 0. The second-order valence-electron chi connectivity index (χ2n) is 3.53. The van der Waals surface area contributed by atoms with Crippen molar-refractivity contribution in [2.45, 2.75) is 18.3 Å². The van der Waals surface area contributed by atoms with Gasteiger partial charge < -0.3 is 10.2 Å². The lowest BCUT2D eigenvalue weighted by molar-refractivity contribution is 0.138. The molecule has 0 aliphatic heterocycles. The van der Waals surface area contributed by atoms with E-state index in [-0.39, 0.29) is 5.75 Å². The quantitative estimate of drug-likeness (QED) is 0.791. The fourth-order valence-corrected chi connectivity index (χ4v) is 2.69. The van der Waals surface area contributed by atoms with Gasteiger partial charge >= 0.3 is 0 Å². The van der Waals surface area contributed by atoms with Gasteiger partial charge in [-0.2, -0.15) is 0 Å². The number of benzene rings is 1. The van der Waals surface area contributed by atoms with Crippen LogP contribution >= 0.6 is 0 Å². The molecule has 1 rings (SSSR count). The minimum Gasteiger partial charge on any atom is -0.395 e. The van der Waals surface area contributed by atoms with E-state index in [0.717, 1.165) is 0 Å². The van der Waals surface area contributed by atoms with Crippen molar-refractivity contribution in [2.75, 3.05) is 12.4 Å². The minimum atomic E-state index is -3.46. The molecule has 90 valence electrons. The summed E-state index contributed by atoms with van der Waals surface area (Å²) in [7, 11) is -3.46. The summed E-state index contributed by atoms with van der Waals surface area (Å²) in [4.78, 5) is 0. The average Bonchev–Trinajstić information content (AvgIpc) is 2.30. The Balaban J connectivity index is 2.99. The highest BCUT2D eigenvalue weighted by Gasteiger charge is 2.31. The van der Waals surface area contributed by atoms with Crippen LogP contribution in [0.15, 0.2) is 30.3 Å². The van der Waals surface area contributed by atoms with Crippen molar-refractivity contribution in [1.82, 2.24) is 0 Å². The molecule has 0 aliphatic carbocycles. The molecule has 0 saturated heterocycles. The molecule has 0 spiro atoms. The van der Waals surface area contributed by atoms with Crippen LogP contribution in [0.1, 0.15) is 18.6 Å². The lowest BCUT2D eigenvalue weighted by Crippen LogP contribution is -2.33. The maximum absolute atomic E-state index is 11.6. The van der Waals surface area contributed by atoms with Gasteiger partial charge in [0.2, 0.25) is 0 Å². The predicted octanol–water partition coefficient (Wildman–Crippen LogP) is 0.516. The third-order valence-corrected chi connectivity index (χ3v) is 4.67. The van der Waals surface area contributed by atoms with Gasteiger partial charge in [-0.05, 0) is 5.56 Å². The number of rotatable bonds is 5. The molecule has 0 radical (unpaired) electrons. The molecule has 0 amide bonds. The Bertz CT molecular complexity index is 413. The van der Waals surface area contributed by atoms with Crippen molar-refractivity contribution in [3.63, 3.8) is 0 Å². The minimum absolute atomic E-state index is 0.0951. The highest BCUT2D eigenvalue weighted by molar-refractivity contribution is 7.92. The van der Waals surface area contributed by atoms with Crippen LogP contribution in [0.3, 0.4) is 0 Å². The Morgan fingerprint density at radius 1 is 1.25 bits per heavy atom. The number of hydrogen-bond acceptors (Lipinski definition) is 4. The zero-order chi connectivity index (χ0) is 12.2. The van der Waals surface area contributed by atoms with E-state index >= 15 is 0 Å². The Hall–Kier alpha value is -0.910. The molecule has 2 atom stereocenters. The van der Waals surface area contributed by atoms with Crippen molar-refractivity contribution in [1.29, 1.82) is 0 Å². The van der Waals surface area contributed by atoms with Gasteiger partial charge in [-0.3, -0.25) is 0 Å².